The number of hydrogen-bond acceptors (Lipinski definition) is 2. The van der Waals surface area contributed by atoms with Crippen molar-refractivity contribution in [3.05, 3.63) is 65.0 Å². The molecule has 0 saturated carbocycles. The molecule has 104 valence electrons. The van der Waals surface area contributed by atoms with E-state index >= 15 is 0 Å². The van der Waals surface area contributed by atoms with Gasteiger partial charge in [0.05, 0.1) is 6.04 Å². The first kappa shape index (κ1) is 14.1. The lowest BCUT2D eigenvalue weighted by atomic mass is 10.1. The molecule has 0 radical (unpaired) electrons. The highest BCUT2D eigenvalue weighted by Crippen LogP contribution is 2.15. The first-order chi connectivity index (χ1) is 9.45. The molecular formula is C16H17FN2O. The van der Waals surface area contributed by atoms with Gasteiger partial charge in [-0.05, 0) is 55.3 Å². The number of rotatable bonds is 3. The Balaban J connectivity index is 2.12. The SMILES string of the molecule is Cc1cc(N)cc(C(=O)NC(C)c2ccc(F)cc2)c1. The molecular weight excluding hydrogens is 255 g/mol. The summed E-state index contributed by atoms with van der Waals surface area (Å²) in [5.74, 6) is -0.490. The summed E-state index contributed by atoms with van der Waals surface area (Å²) in [6, 6.07) is 11.1. The van der Waals surface area contributed by atoms with Crippen LogP contribution in [0.4, 0.5) is 10.1 Å². The molecule has 2 aromatic carbocycles. The van der Waals surface area contributed by atoms with Crippen molar-refractivity contribution in [2.45, 2.75) is 19.9 Å². The number of nitrogens with two attached hydrogens (primary N) is 1. The van der Waals surface area contributed by atoms with Gasteiger partial charge in [-0.2, -0.15) is 0 Å². The van der Waals surface area contributed by atoms with Gasteiger partial charge in [-0.25, -0.2) is 4.39 Å². The Hall–Kier alpha value is -2.36. The van der Waals surface area contributed by atoms with Crippen LogP contribution in [-0.2, 0) is 0 Å². The molecule has 1 unspecified atom stereocenters. The van der Waals surface area contributed by atoms with Crippen LogP contribution in [-0.4, -0.2) is 5.91 Å². The maximum Gasteiger partial charge on any atom is 0.251 e. The maximum atomic E-state index is 12.9. The third-order valence-electron chi connectivity index (χ3n) is 3.08. The van der Waals surface area contributed by atoms with E-state index in [2.05, 4.69) is 5.32 Å². The van der Waals surface area contributed by atoms with Crippen molar-refractivity contribution < 1.29 is 9.18 Å². The molecule has 0 spiro atoms. The van der Waals surface area contributed by atoms with E-state index in [1.54, 1.807) is 30.3 Å². The quantitative estimate of drug-likeness (QED) is 0.843. The fourth-order valence-electron chi connectivity index (χ4n) is 2.06. The lowest BCUT2D eigenvalue weighted by Crippen LogP contribution is -2.26. The average Bonchev–Trinajstić information content (AvgIpc) is 2.38. The Morgan fingerprint density at radius 3 is 2.45 bits per heavy atom. The Morgan fingerprint density at radius 1 is 1.20 bits per heavy atom. The Morgan fingerprint density at radius 2 is 1.85 bits per heavy atom. The topological polar surface area (TPSA) is 55.1 Å². The summed E-state index contributed by atoms with van der Waals surface area (Å²) in [6.45, 7) is 3.74. The van der Waals surface area contributed by atoms with Crippen LogP contribution < -0.4 is 11.1 Å². The molecule has 0 aliphatic heterocycles. The summed E-state index contributed by atoms with van der Waals surface area (Å²) in [4.78, 5) is 12.2. The standard InChI is InChI=1S/C16H17FN2O/c1-10-7-13(9-15(18)8-10)16(20)19-11(2)12-3-5-14(17)6-4-12/h3-9,11H,18H2,1-2H3,(H,19,20). The minimum absolute atomic E-state index is 0.197. The second-order valence-electron chi connectivity index (χ2n) is 4.88. The Bertz CT molecular complexity index is 603. The predicted octanol–water partition coefficient (Wildman–Crippen LogP) is 3.21. The van der Waals surface area contributed by atoms with Crippen LogP contribution in [0.5, 0.6) is 0 Å². The van der Waals surface area contributed by atoms with Gasteiger partial charge in [0.1, 0.15) is 5.82 Å². The lowest BCUT2D eigenvalue weighted by molar-refractivity contribution is 0.0940. The molecule has 0 aliphatic rings. The van der Waals surface area contributed by atoms with Crippen LogP contribution in [0.1, 0.15) is 34.5 Å². The Kier molecular flexibility index (Phi) is 4.03. The van der Waals surface area contributed by atoms with Gasteiger partial charge >= 0.3 is 0 Å². The van der Waals surface area contributed by atoms with Gasteiger partial charge < -0.3 is 11.1 Å². The number of aryl methyl sites for hydroxylation is 1. The van der Waals surface area contributed by atoms with E-state index in [1.807, 2.05) is 13.8 Å². The Labute approximate surface area is 117 Å². The zero-order valence-electron chi connectivity index (χ0n) is 11.5. The molecule has 0 heterocycles. The highest BCUT2D eigenvalue weighted by atomic mass is 19.1. The minimum Gasteiger partial charge on any atom is -0.399 e. The zero-order chi connectivity index (χ0) is 14.7. The predicted molar refractivity (Wildman–Crippen MR) is 77.9 cm³/mol. The summed E-state index contributed by atoms with van der Waals surface area (Å²) >= 11 is 0. The molecule has 0 bridgehead atoms. The van der Waals surface area contributed by atoms with Crippen LogP contribution in [0.25, 0.3) is 0 Å². The minimum atomic E-state index is -0.293. The van der Waals surface area contributed by atoms with E-state index in [1.165, 1.54) is 12.1 Å². The summed E-state index contributed by atoms with van der Waals surface area (Å²) in [5, 5.41) is 2.87. The molecule has 1 atom stereocenters. The van der Waals surface area contributed by atoms with Gasteiger partial charge in [-0.15, -0.1) is 0 Å². The highest BCUT2D eigenvalue weighted by molar-refractivity contribution is 5.95. The van der Waals surface area contributed by atoms with Crippen molar-refractivity contribution in [1.82, 2.24) is 5.32 Å². The van der Waals surface area contributed by atoms with Crippen molar-refractivity contribution in [2.75, 3.05) is 5.73 Å². The molecule has 4 heteroatoms. The van der Waals surface area contributed by atoms with Gasteiger partial charge in [0, 0.05) is 11.3 Å². The molecule has 0 aromatic heterocycles. The van der Waals surface area contributed by atoms with E-state index in [0.717, 1.165) is 11.1 Å². The van der Waals surface area contributed by atoms with Crippen LogP contribution in [0.3, 0.4) is 0 Å². The van der Waals surface area contributed by atoms with E-state index in [0.29, 0.717) is 11.3 Å². The summed E-state index contributed by atoms with van der Waals surface area (Å²) in [6.07, 6.45) is 0. The second-order valence-corrected chi connectivity index (χ2v) is 4.88. The number of benzene rings is 2. The van der Waals surface area contributed by atoms with E-state index in [9.17, 15) is 9.18 Å². The van der Waals surface area contributed by atoms with Crippen LogP contribution in [0.15, 0.2) is 42.5 Å². The number of carbonyl (C=O) groups is 1. The van der Waals surface area contributed by atoms with Gasteiger partial charge in [-0.1, -0.05) is 12.1 Å². The monoisotopic (exact) mass is 272 g/mol. The van der Waals surface area contributed by atoms with Gasteiger partial charge in [0.25, 0.3) is 5.91 Å². The number of hydrogen-bond donors (Lipinski definition) is 2. The summed E-state index contributed by atoms with van der Waals surface area (Å²) in [5.41, 5.74) is 8.60. The number of anilines is 1. The van der Waals surface area contributed by atoms with Crippen molar-refractivity contribution in [1.29, 1.82) is 0 Å². The van der Waals surface area contributed by atoms with Crippen molar-refractivity contribution in [3.8, 4) is 0 Å². The number of carbonyl (C=O) groups excluding carboxylic acids is 1. The molecule has 0 saturated heterocycles. The number of nitrogens with one attached hydrogen (secondary N) is 1. The average molecular weight is 272 g/mol. The highest BCUT2D eigenvalue weighted by Gasteiger charge is 2.12. The molecule has 0 aliphatic carbocycles. The second kappa shape index (κ2) is 5.74. The number of halogens is 1. The molecule has 3 N–H and O–H groups in total. The zero-order valence-corrected chi connectivity index (χ0v) is 11.5. The van der Waals surface area contributed by atoms with Crippen LogP contribution >= 0.6 is 0 Å². The summed E-state index contributed by atoms with van der Waals surface area (Å²) in [7, 11) is 0. The van der Waals surface area contributed by atoms with Crippen molar-refractivity contribution >= 4 is 11.6 Å². The fourth-order valence-corrected chi connectivity index (χ4v) is 2.06. The molecule has 20 heavy (non-hydrogen) atoms. The smallest absolute Gasteiger partial charge is 0.251 e. The first-order valence-electron chi connectivity index (χ1n) is 6.39. The van der Waals surface area contributed by atoms with E-state index in [4.69, 9.17) is 5.73 Å². The van der Waals surface area contributed by atoms with Gasteiger partial charge in [0.2, 0.25) is 0 Å². The fraction of sp³-hybridized carbons (Fsp3) is 0.188. The first-order valence-corrected chi connectivity index (χ1v) is 6.39. The van der Waals surface area contributed by atoms with E-state index < -0.39 is 0 Å². The number of amides is 1. The lowest BCUT2D eigenvalue weighted by Gasteiger charge is -2.15. The van der Waals surface area contributed by atoms with Gasteiger partial charge in [-0.3, -0.25) is 4.79 Å². The largest absolute Gasteiger partial charge is 0.399 e. The van der Waals surface area contributed by atoms with Crippen LogP contribution in [0.2, 0.25) is 0 Å². The third kappa shape index (κ3) is 3.35. The molecule has 2 rings (SSSR count). The molecule has 1 amide bonds. The molecule has 0 fully saturated rings. The summed E-state index contributed by atoms with van der Waals surface area (Å²) < 4.78 is 12.9. The van der Waals surface area contributed by atoms with Gasteiger partial charge in [0.15, 0.2) is 0 Å². The number of nitrogen functional groups attached to an aromatic ring is 1. The third-order valence-corrected chi connectivity index (χ3v) is 3.08. The van der Waals surface area contributed by atoms with Crippen molar-refractivity contribution in [2.24, 2.45) is 0 Å². The molecule has 3 nitrogen and oxygen atoms in total. The normalized spacial score (nSPS) is 11.9. The van der Waals surface area contributed by atoms with Crippen LogP contribution in [0, 0.1) is 12.7 Å². The van der Waals surface area contributed by atoms with Crippen molar-refractivity contribution in [3.63, 3.8) is 0 Å². The maximum absolute atomic E-state index is 12.9. The van der Waals surface area contributed by atoms with E-state index in [-0.39, 0.29) is 17.8 Å². The molecule has 2 aromatic rings.